The van der Waals surface area contributed by atoms with Crippen LogP contribution in [-0.4, -0.2) is 29.6 Å². The van der Waals surface area contributed by atoms with Crippen molar-refractivity contribution in [2.24, 2.45) is 0 Å². The molecule has 0 aliphatic rings. The van der Waals surface area contributed by atoms with E-state index >= 15 is 0 Å². The maximum Gasteiger partial charge on any atom is 0.229 e. The summed E-state index contributed by atoms with van der Waals surface area (Å²) < 4.78 is 37.8. The van der Waals surface area contributed by atoms with Crippen LogP contribution in [-0.2, 0) is 15.6 Å². The van der Waals surface area contributed by atoms with Crippen LogP contribution in [0.15, 0.2) is 54.7 Å². The first-order valence-corrected chi connectivity index (χ1v) is 11.2. The van der Waals surface area contributed by atoms with Gasteiger partial charge in [0.15, 0.2) is 15.7 Å². The number of rotatable bonds is 6. The molecule has 2 heterocycles. The number of aryl methyl sites for hydroxylation is 1. The van der Waals surface area contributed by atoms with Gasteiger partial charge in [0.2, 0.25) is 5.95 Å². The lowest BCUT2D eigenvalue weighted by Gasteiger charge is -2.10. The summed E-state index contributed by atoms with van der Waals surface area (Å²) in [5.41, 5.74) is 3.24. The number of nitrogens with one attached hydrogen (secondary N) is 3. The topological polar surface area (TPSA) is 99.8 Å². The Morgan fingerprint density at radius 2 is 1.97 bits per heavy atom. The summed E-state index contributed by atoms with van der Waals surface area (Å²) in [6.45, 7) is 1.87. The molecule has 4 rings (SSSR count). The number of aromatic nitrogens is 3. The molecule has 9 heteroatoms. The van der Waals surface area contributed by atoms with Gasteiger partial charge in [-0.3, -0.25) is 0 Å². The van der Waals surface area contributed by atoms with Crippen molar-refractivity contribution in [3.63, 3.8) is 0 Å². The molecule has 0 saturated heterocycles. The Hall–Kier alpha value is -3.46. The number of nitrogens with zero attached hydrogens (tertiary/aromatic N) is 2. The monoisotopic (exact) mass is 431 g/mol. The molecule has 0 unspecified atom stereocenters. The van der Waals surface area contributed by atoms with Gasteiger partial charge in [-0.25, -0.2) is 17.8 Å². The lowest BCUT2D eigenvalue weighted by atomic mass is 10.2. The van der Waals surface area contributed by atoms with Crippen LogP contribution in [0.1, 0.15) is 15.5 Å². The van der Waals surface area contributed by atoms with Gasteiger partial charge in [0.05, 0.1) is 11.4 Å². The first-order chi connectivity index (χ1) is 14.3. The summed E-state index contributed by atoms with van der Waals surface area (Å²) >= 11 is 0. The van der Waals surface area contributed by atoms with Gasteiger partial charge >= 0.3 is 0 Å². The van der Waals surface area contributed by atoms with Crippen LogP contribution < -0.4 is 10.6 Å². The molecule has 30 heavy (non-hydrogen) atoms. The van der Waals surface area contributed by atoms with Crippen LogP contribution in [0, 0.1) is 12.7 Å². The molecule has 0 bridgehead atoms. The zero-order chi connectivity index (χ0) is 21.3. The SMILES string of the molecule is Cc1cc2c(F)c(Nc3ccnc(Nc4cccc(CS(C)(=O)=O)c4)n3)ccc2[nH]1.[HH].[HH].[HH]. The molecular formula is C21H26FN5O2S. The third-order valence-corrected chi connectivity index (χ3v) is 5.26. The number of hydrogen-bond donors (Lipinski definition) is 3. The fourth-order valence-electron chi connectivity index (χ4n) is 3.20. The second-order valence-electron chi connectivity index (χ2n) is 7.13. The maximum absolute atomic E-state index is 14.8. The number of halogens is 1. The predicted molar refractivity (Wildman–Crippen MR) is 123 cm³/mol. The zero-order valence-corrected chi connectivity index (χ0v) is 17.2. The lowest BCUT2D eigenvalue weighted by Crippen LogP contribution is -2.03. The van der Waals surface area contributed by atoms with E-state index in [1.54, 1.807) is 54.7 Å². The number of hydrogen-bond acceptors (Lipinski definition) is 6. The minimum Gasteiger partial charge on any atom is -0.359 e. The van der Waals surface area contributed by atoms with Crippen molar-refractivity contribution >= 4 is 43.9 Å². The Morgan fingerprint density at radius 3 is 2.77 bits per heavy atom. The van der Waals surface area contributed by atoms with Gasteiger partial charge in [0.1, 0.15) is 5.82 Å². The van der Waals surface area contributed by atoms with E-state index in [9.17, 15) is 12.8 Å². The van der Waals surface area contributed by atoms with Crippen molar-refractivity contribution in [3.05, 3.63) is 71.8 Å². The van der Waals surface area contributed by atoms with Gasteiger partial charge in [-0.2, -0.15) is 4.98 Å². The summed E-state index contributed by atoms with van der Waals surface area (Å²) in [5.74, 6) is 0.310. The standard InChI is InChI=1S/C21H20FN5O2S.3H2/c1-13-10-16-17(24-13)6-7-18(20(16)22)26-19-8-9-23-21(27-19)25-15-5-3-4-14(11-15)12-30(2,28)29;;;/h3-11,24H,12H2,1-2H3,(H2,23,25,26,27);3*1H. The van der Waals surface area contributed by atoms with E-state index in [0.29, 0.717) is 34.1 Å². The van der Waals surface area contributed by atoms with E-state index in [0.717, 1.165) is 11.2 Å². The molecule has 0 aliphatic heterocycles. The third-order valence-electron chi connectivity index (χ3n) is 4.40. The highest BCUT2D eigenvalue weighted by Crippen LogP contribution is 2.27. The predicted octanol–water partition coefficient (Wildman–Crippen LogP) is 5.18. The van der Waals surface area contributed by atoms with Crippen molar-refractivity contribution in [1.82, 2.24) is 15.0 Å². The molecule has 0 radical (unpaired) electrons. The van der Waals surface area contributed by atoms with Gasteiger partial charge in [-0.15, -0.1) is 0 Å². The normalized spacial score (nSPS) is 11.6. The highest BCUT2D eigenvalue weighted by atomic mass is 32.2. The number of aromatic amines is 1. The minimum absolute atomic E-state index is 0. The van der Waals surface area contributed by atoms with Crippen LogP contribution in [0.5, 0.6) is 0 Å². The largest absolute Gasteiger partial charge is 0.359 e. The molecule has 3 N–H and O–H groups in total. The van der Waals surface area contributed by atoms with E-state index in [2.05, 4.69) is 25.6 Å². The Bertz CT molecular complexity index is 1350. The molecule has 0 amide bonds. The summed E-state index contributed by atoms with van der Waals surface area (Å²) in [4.78, 5) is 11.6. The molecular weight excluding hydrogens is 405 g/mol. The van der Waals surface area contributed by atoms with E-state index < -0.39 is 9.84 Å². The number of H-pyrrole nitrogens is 1. The summed E-state index contributed by atoms with van der Waals surface area (Å²) in [5, 5.41) is 6.54. The lowest BCUT2D eigenvalue weighted by molar-refractivity contribution is 0.601. The second kappa shape index (κ2) is 7.75. The van der Waals surface area contributed by atoms with E-state index in [1.165, 1.54) is 6.26 Å². The van der Waals surface area contributed by atoms with Gasteiger partial charge < -0.3 is 15.6 Å². The summed E-state index contributed by atoms with van der Waals surface area (Å²) in [6, 6.07) is 13.9. The Balaban J connectivity index is 0.00000181. The smallest absolute Gasteiger partial charge is 0.229 e. The van der Waals surface area contributed by atoms with Crippen molar-refractivity contribution < 1.29 is 17.1 Å². The van der Waals surface area contributed by atoms with Crippen LogP contribution in [0.25, 0.3) is 10.9 Å². The van der Waals surface area contributed by atoms with Crippen molar-refractivity contribution in [3.8, 4) is 0 Å². The number of anilines is 4. The number of fused-ring (bicyclic) bond motifs is 1. The van der Waals surface area contributed by atoms with Crippen LogP contribution >= 0.6 is 0 Å². The van der Waals surface area contributed by atoms with Gasteiger partial charge in [0.25, 0.3) is 0 Å². The second-order valence-corrected chi connectivity index (χ2v) is 9.27. The van der Waals surface area contributed by atoms with Crippen LogP contribution in [0.2, 0.25) is 0 Å². The van der Waals surface area contributed by atoms with Crippen LogP contribution in [0.3, 0.4) is 0 Å². The first-order valence-electron chi connectivity index (χ1n) is 9.18. The first kappa shape index (κ1) is 19.8. The Kier molecular flexibility index (Phi) is 5.13. The van der Waals surface area contributed by atoms with Crippen molar-refractivity contribution in [1.29, 1.82) is 0 Å². The highest BCUT2D eigenvalue weighted by Gasteiger charge is 2.11. The van der Waals surface area contributed by atoms with Gasteiger partial charge in [-0.1, -0.05) is 12.1 Å². The molecule has 0 saturated carbocycles. The molecule has 2 aromatic carbocycles. The average Bonchev–Trinajstić information content (AvgIpc) is 3.05. The Morgan fingerprint density at radius 1 is 1.13 bits per heavy atom. The Labute approximate surface area is 177 Å². The van der Waals surface area contributed by atoms with Crippen molar-refractivity contribution in [2.75, 3.05) is 16.9 Å². The van der Waals surface area contributed by atoms with Crippen molar-refractivity contribution in [2.45, 2.75) is 12.7 Å². The average molecular weight is 432 g/mol. The molecule has 0 aliphatic carbocycles. The summed E-state index contributed by atoms with van der Waals surface area (Å²) in [7, 11) is -3.13. The quantitative estimate of drug-likeness (QED) is 0.389. The number of benzene rings is 2. The fraction of sp³-hybridized carbons (Fsp3) is 0.143. The molecule has 0 fully saturated rings. The molecule has 4 aromatic rings. The molecule has 160 valence electrons. The summed E-state index contributed by atoms with van der Waals surface area (Å²) in [6.07, 6.45) is 2.74. The minimum atomic E-state index is -3.13. The van der Waals surface area contributed by atoms with Crippen LogP contribution in [0.4, 0.5) is 27.5 Å². The van der Waals surface area contributed by atoms with E-state index in [-0.39, 0.29) is 15.8 Å². The molecule has 0 atom stereocenters. The molecule has 0 spiro atoms. The highest BCUT2D eigenvalue weighted by molar-refractivity contribution is 7.89. The third kappa shape index (κ3) is 4.57. The zero-order valence-electron chi connectivity index (χ0n) is 16.4. The van der Waals surface area contributed by atoms with Gasteiger partial charge in [0, 0.05) is 39.0 Å². The van der Waals surface area contributed by atoms with E-state index in [1.807, 2.05) is 6.92 Å². The maximum atomic E-state index is 14.8. The van der Waals surface area contributed by atoms with E-state index in [4.69, 9.17) is 0 Å². The molecule has 2 aromatic heterocycles. The fourth-order valence-corrected chi connectivity index (χ4v) is 3.99. The van der Waals surface area contributed by atoms with Gasteiger partial charge in [-0.05, 0) is 48.9 Å². The molecule has 7 nitrogen and oxygen atoms in total. The number of sulfone groups is 1.